The average molecular weight is 447 g/mol. The molecule has 0 saturated carbocycles. The van der Waals surface area contributed by atoms with E-state index >= 15 is 0 Å². The van der Waals surface area contributed by atoms with Crippen LogP contribution in [-0.4, -0.2) is 52.8 Å². The number of fused-ring (bicyclic) bond motifs is 1. The molecule has 0 bridgehead atoms. The van der Waals surface area contributed by atoms with Crippen LogP contribution in [0.25, 0.3) is 11.0 Å². The molecule has 5 rings (SSSR count). The van der Waals surface area contributed by atoms with Crippen molar-refractivity contribution < 1.29 is 9.13 Å². The number of methoxy groups -OCH3 is 1. The number of imidazole rings is 1. The van der Waals surface area contributed by atoms with Gasteiger partial charge in [-0.3, -0.25) is 0 Å². The van der Waals surface area contributed by atoms with Gasteiger partial charge in [-0.1, -0.05) is 24.3 Å². The fraction of sp³-hybridized carbons (Fsp3) is 0.320. The minimum absolute atomic E-state index is 0.222. The molecule has 4 aromatic rings. The predicted molar refractivity (Wildman–Crippen MR) is 127 cm³/mol. The Hall–Kier alpha value is -3.68. The molecule has 1 aliphatic rings. The SMILES string of the molecule is COc1ccnc(N(C)C2CCN(c3nc4ccccc4n3Cc3ccc(F)cc3)CC2)n1. The second-order valence-corrected chi connectivity index (χ2v) is 8.34. The predicted octanol–water partition coefficient (Wildman–Crippen LogP) is 4.13. The van der Waals surface area contributed by atoms with Gasteiger partial charge in [0.05, 0.1) is 24.7 Å². The Balaban J connectivity index is 1.36. The van der Waals surface area contributed by atoms with E-state index < -0.39 is 0 Å². The molecule has 0 spiro atoms. The number of ether oxygens (including phenoxy) is 1. The summed E-state index contributed by atoms with van der Waals surface area (Å²) in [5.74, 6) is 1.98. The zero-order chi connectivity index (χ0) is 22.8. The summed E-state index contributed by atoms with van der Waals surface area (Å²) < 4.78 is 20.9. The van der Waals surface area contributed by atoms with Gasteiger partial charge in [0.1, 0.15) is 5.82 Å². The number of benzene rings is 2. The molecule has 33 heavy (non-hydrogen) atoms. The van der Waals surface area contributed by atoms with Crippen LogP contribution in [0.3, 0.4) is 0 Å². The molecule has 3 heterocycles. The van der Waals surface area contributed by atoms with Crippen molar-refractivity contribution in [2.24, 2.45) is 0 Å². The third-order valence-corrected chi connectivity index (χ3v) is 6.33. The highest BCUT2D eigenvalue weighted by molar-refractivity contribution is 5.79. The monoisotopic (exact) mass is 446 g/mol. The van der Waals surface area contributed by atoms with Gasteiger partial charge in [-0.05, 0) is 42.7 Å². The molecule has 8 heteroatoms. The molecule has 2 aromatic heterocycles. The molecule has 1 aliphatic heterocycles. The standard InChI is InChI=1S/C25H27FN6O/c1-30(24-27-14-11-23(29-24)33-2)20-12-15-31(16-13-20)25-28-21-5-3-4-6-22(21)32(25)17-18-7-9-19(26)10-8-18/h3-11,14,20H,12-13,15-17H2,1-2H3. The number of piperidine rings is 1. The Bertz CT molecular complexity index is 1230. The fourth-order valence-electron chi connectivity index (χ4n) is 4.46. The van der Waals surface area contributed by atoms with Gasteiger partial charge in [0, 0.05) is 38.4 Å². The summed E-state index contributed by atoms with van der Waals surface area (Å²) in [6.45, 7) is 2.41. The largest absolute Gasteiger partial charge is 0.481 e. The fourth-order valence-corrected chi connectivity index (χ4v) is 4.46. The normalized spacial score (nSPS) is 14.6. The topological polar surface area (TPSA) is 59.3 Å². The zero-order valence-electron chi connectivity index (χ0n) is 18.9. The number of rotatable bonds is 6. The molecule has 0 radical (unpaired) electrons. The van der Waals surface area contributed by atoms with Gasteiger partial charge in [-0.2, -0.15) is 4.98 Å². The molecule has 0 amide bonds. The molecular weight excluding hydrogens is 419 g/mol. The van der Waals surface area contributed by atoms with Crippen molar-refractivity contribution in [3.63, 3.8) is 0 Å². The second-order valence-electron chi connectivity index (χ2n) is 8.34. The van der Waals surface area contributed by atoms with Crippen LogP contribution in [0.5, 0.6) is 5.88 Å². The summed E-state index contributed by atoms with van der Waals surface area (Å²) in [5.41, 5.74) is 3.10. The van der Waals surface area contributed by atoms with Crippen LogP contribution >= 0.6 is 0 Å². The molecule has 7 nitrogen and oxygen atoms in total. The van der Waals surface area contributed by atoms with Crippen molar-refractivity contribution in [2.75, 3.05) is 37.0 Å². The van der Waals surface area contributed by atoms with E-state index in [0.29, 0.717) is 24.4 Å². The molecule has 2 aromatic carbocycles. The number of hydrogen-bond acceptors (Lipinski definition) is 6. The summed E-state index contributed by atoms with van der Waals surface area (Å²) in [4.78, 5) is 18.3. The Morgan fingerprint density at radius 2 is 1.79 bits per heavy atom. The number of anilines is 2. The van der Waals surface area contributed by atoms with Crippen LogP contribution in [0.2, 0.25) is 0 Å². The highest BCUT2D eigenvalue weighted by atomic mass is 19.1. The third kappa shape index (κ3) is 4.33. The van der Waals surface area contributed by atoms with Gasteiger partial charge in [0.25, 0.3) is 0 Å². The maximum Gasteiger partial charge on any atom is 0.228 e. The molecule has 0 N–H and O–H groups in total. The van der Waals surface area contributed by atoms with E-state index in [1.54, 1.807) is 19.4 Å². The van der Waals surface area contributed by atoms with Crippen molar-refractivity contribution in [3.8, 4) is 5.88 Å². The lowest BCUT2D eigenvalue weighted by atomic mass is 10.0. The first kappa shape index (κ1) is 21.2. The van der Waals surface area contributed by atoms with E-state index in [0.717, 1.165) is 48.5 Å². The van der Waals surface area contributed by atoms with Crippen molar-refractivity contribution in [3.05, 3.63) is 72.2 Å². The minimum atomic E-state index is -0.222. The average Bonchev–Trinajstić information content (AvgIpc) is 3.23. The van der Waals surface area contributed by atoms with E-state index in [1.807, 2.05) is 37.4 Å². The van der Waals surface area contributed by atoms with E-state index in [1.165, 1.54) is 12.1 Å². The molecule has 1 saturated heterocycles. The second kappa shape index (κ2) is 9.05. The molecule has 170 valence electrons. The molecule has 0 aliphatic carbocycles. The summed E-state index contributed by atoms with van der Waals surface area (Å²) in [7, 11) is 3.65. The highest BCUT2D eigenvalue weighted by Crippen LogP contribution is 2.28. The Morgan fingerprint density at radius 3 is 2.55 bits per heavy atom. The van der Waals surface area contributed by atoms with Crippen molar-refractivity contribution >= 4 is 22.9 Å². The lowest BCUT2D eigenvalue weighted by Gasteiger charge is -2.37. The van der Waals surface area contributed by atoms with Crippen molar-refractivity contribution in [2.45, 2.75) is 25.4 Å². The van der Waals surface area contributed by atoms with Gasteiger partial charge in [0.2, 0.25) is 17.8 Å². The smallest absolute Gasteiger partial charge is 0.228 e. The van der Waals surface area contributed by atoms with Crippen molar-refractivity contribution in [1.82, 2.24) is 19.5 Å². The number of halogens is 1. The number of para-hydroxylation sites is 2. The van der Waals surface area contributed by atoms with Crippen LogP contribution in [0.4, 0.5) is 16.3 Å². The van der Waals surface area contributed by atoms with Gasteiger partial charge >= 0.3 is 0 Å². The van der Waals surface area contributed by atoms with E-state index in [9.17, 15) is 4.39 Å². The maximum atomic E-state index is 13.4. The van der Waals surface area contributed by atoms with E-state index in [-0.39, 0.29) is 5.82 Å². The first-order chi connectivity index (χ1) is 16.1. The Morgan fingerprint density at radius 1 is 1.03 bits per heavy atom. The van der Waals surface area contributed by atoms with Gasteiger partial charge < -0.3 is 19.1 Å². The lowest BCUT2D eigenvalue weighted by Crippen LogP contribution is -2.44. The van der Waals surface area contributed by atoms with Crippen LogP contribution < -0.4 is 14.5 Å². The molecule has 0 atom stereocenters. The van der Waals surface area contributed by atoms with Gasteiger partial charge in [0.15, 0.2) is 0 Å². The molecule has 1 fully saturated rings. The highest BCUT2D eigenvalue weighted by Gasteiger charge is 2.27. The maximum absolute atomic E-state index is 13.4. The van der Waals surface area contributed by atoms with Crippen molar-refractivity contribution in [1.29, 1.82) is 0 Å². The van der Waals surface area contributed by atoms with Gasteiger partial charge in [-0.15, -0.1) is 0 Å². The summed E-state index contributed by atoms with van der Waals surface area (Å²) in [6.07, 6.45) is 3.66. The number of hydrogen-bond donors (Lipinski definition) is 0. The summed E-state index contributed by atoms with van der Waals surface area (Å²) in [6, 6.07) is 17.0. The zero-order valence-corrected chi connectivity index (χ0v) is 18.9. The first-order valence-electron chi connectivity index (χ1n) is 11.2. The van der Waals surface area contributed by atoms with Gasteiger partial charge in [-0.25, -0.2) is 14.4 Å². The molecule has 0 unspecified atom stereocenters. The Labute approximate surface area is 192 Å². The van der Waals surface area contributed by atoms with Crippen LogP contribution in [0.1, 0.15) is 18.4 Å². The molecular formula is C25H27FN6O. The quantitative estimate of drug-likeness (QED) is 0.444. The summed E-state index contributed by atoms with van der Waals surface area (Å²) in [5, 5.41) is 0. The van der Waals surface area contributed by atoms with E-state index in [2.05, 4.69) is 30.4 Å². The van der Waals surface area contributed by atoms with Crippen LogP contribution in [-0.2, 0) is 6.54 Å². The lowest BCUT2D eigenvalue weighted by molar-refractivity contribution is 0.395. The number of nitrogens with zero attached hydrogens (tertiary/aromatic N) is 6. The summed E-state index contributed by atoms with van der Waals surface area (Å²) >= 11 is 0. The number of aromatic nitrogens is 4. The Kier molecular flexibility index (Phi) is 5.81. The van der Waals surface area contributed by atoms with E-state index in [4.69, 9.17) is 9.72 Å². The first-order valence-corrected chi connectivity index (χ1v) is 11.2. The minimum Gasteiger partial charge on any atom is -0.481 e. The third-order valence-electron chi connectivity index (χ3n) is 6.33. The van der Waals surface area contributed by atoms with Crippen LogP contribution in [0, 0.1) is 5.82 Å². The van der Waals surface area contributed by atoms with Crippen LogP contribution in [0.15, 0.2) is 60.8 Å².